The van der Waals surface area contributed by atoms with Crippen LogP contribution in [0, 0.1) is 0 Å². The van der Waals surface area contributed by atoms with Crippen molar-refractivity contribution in [2.24, 2.45) is 0 Å². The van der Waals surface area contributed by atoms with Crippen LogP contribution < -0.4 is 5.32 Å². The minimum absolute atomic E-state index is 0.0135. The predicted molar refractivity (Wildman–Crippen MR) is 78.8 cm³/mol. The fourth-order valence-corrected chi connectivity index (χ4v) is 3.49. The molecule has 3 nitrogen and oxygen atoms in total. The van der Waals surface area contributed by atoms with Gasteiger partial charge in [-0.2, -0.15) is 0 Å². The van der Waals surface area contributed by atoms with E-state index in [1.807, 2.05) is 11.9 Å². The third-order valence-electron chi connectivity index (χ3n) is 3.28. The third-order valence-corrected chi connectivity index (χ3v) is 4.83. The lowest BCUT2D eigenvalue weighted by Crippen LogP contribution is -2.44. The van der Waals surface area contributed by atoms with Gasteiger partial charge in [-0.05, 0) is 52.3 Å². The second-order valence-corrected chi connectivity index (χ2v) is 7.10. The first-order valence-electron chi connectivity index (χ1n) is 6.38. The average molecular weight is 331 g/mol. The van der Waals surface area contributed by atoms with E-state index in [1.165, 1.54) is 18.4 Å². The number of nitrogens with one attached hydrogen (secondary N) is 1. The number of carbonyl (C=O) groups excluding carboxylic acids is 1. The number of hydrogen-bond acceptors (Lipinski definition) is 3. The van der Waals surface area contributed by atoms with Crippen LogP contribution in [0.4, 0.5) is 0 Å². The van der Waals surface area contributed by atoms with Crippen molar-refractivity contribution in [2.75, 3.05) is 13.6 Å². The highest BCUT2D eigenvalue weighted by Gasteiger charge is 2.22. The first-order chi connectivity index (χ1) is 8.66. The maximum atomic E-state index is 12.3. The summed E-state index contributed by atoms with van der Waals surface area (Å²) >= 11 is 5.11. The molecule has 0 aromatic carbocycles. The number of rotatable bonds is 3. The highest BCUT2D eigenvalue weighted by molar-refractivity contribution is 9.11. The minimum atomic E-state index is 0.0135. The molecule has 0 aliphatic carbocycles. The second kappa shape index (κ2) is 6.68. The Morgan fingerprint density at radius 2 is 2.39 bits per heavy atom. The van der Waals surface area contributed by atoms with Gasteiger partial charge in [-0.3, -0.25) is 4.79 Å². The summed E-state index contributed by atoms with van der Waals surface area (Å²) in [5.74, 6) is 0.222. The highest BCUT2D eigenvalue weighted by Crippen LogP contribution is 2.22. The molecular weight excluding hydrogens is 312 g/mol. The lowest BCUT2D eigenvalue weighted by molar-refractivity contribution is -0.132. The molecule has 1 aliphatic heterocycles. The third kappa shape index (κ3) is 3.80. The Labute approximate surface area is 121 Å². The zero-order valence-corrected chi connectivity index (χ0v) is 13.0. The van der Waals surface area contributed by atoms with E-state index in [1.54, 1.807) is 11.3 Å². The van der Waals surface area contributed by atoms with Gasteiger partial charge < -0.3 is 10.2 Å². The SMILES string of the molecule is CN(Cc1csc(Br)c1)C(=O)C1CCCCCN1. The molecule has 1 amide bonds. The fraction of sp³-hybridized carbons (Fsp3) is 0.615. The summed E-state index contributed by atoms with van der Waals surface area (Å²) in [6.07, 6.45) is 4.54. The lowest BCUT2D eigenvalue weighted by Gasteiger charge is -2.23. The van der Waals surface area contributed by atoms with Crippen LogP contribution in [0.1, 0.15) is 31.2 Å². The number of nitrogens with zero attached hydrogens (tertiary/aromatic N) is 1. The molecule has 1 aromatic rings. The standard InChI is InChI=1S/C13H19BrN2OS/c1-16(8-10-7-12(14)18-9-10)13(17)11-5-3-2-4-6-15-11/h7,9,11,15H,2-6,8H2,1H3. The van der Waals surface area contributed by atoms with Crippen LogP contribution in [0.5, 0.6) is 0 Å². The highest BCUT2D eigenvalue weighted by atomic mass is 79.9. The van der Waals surface area contributed by atoms with Crippen molar-refractivity contribution in [1.82, 2.24) is 10.2 Å². The zero-order valence-electron chi connectivity index (χ0n) is 10.6. The molecule has 1 fully saturated rings. The monoisotopic (exact) mass is 330 g/mol. The van der Waals surface area contributed by atoms with Gasteiger partial charge in [-0.15, -0.1) is 11.3 Å². The van der Waals surface area contributed by atoms with Crippen LogP contribution in [-0.4, -0.2) is 30.4 Å². The van der Waals surface area contributed by atoms with Crippen molar-refractivity contribution in [1.29, 1.82) is 0 Å². The number of likely N-dealkylation sites (N-methyl/N-ethyl adjacent to an activating group) is 1. The smallest absolute Gasteiger partial charge is 0.239 e. The van der Waals surface area contributed by atoms with Crippen molar-refractivity contribution in [3.63, 3.8) is 0 Å². The van der Waals surface area contributed by atoms with E-state index in [0.717, 1.165) is 23.2 Å². The molecule has 0 radical (unpaired) electrons. The first-order valence-corrected chi connectivity index (χ1v) is 8.05. The van der Waals surface area contributed by atoms with Gasteiger partial charge in [0.15, 0.2) is 0 Å². The fourth-order valence-electron chi connectivity index (χ4n) is 2.29. The number of halogens is 1. The van der Waals surface area contributed by atoms with E-state index in [0.29, 0.717) is 6.54 Å². The number of carbonyl (C=O) groups is 1. The molecule has 5 heteroatoms. The Morgan fingerprint density at radius 3 is 3.11 bits per heavy atom. The van der Waals surface area contributed by atoms with Gasteiger partial charge in [-0.1, -0.05) is 12.8 Å². The van der Waals surface area contributed by atoms with E-state index in [2.05, 4.69) is 32.7 Å². The molecular formula is C13H19BrN2OS. The number of hydrogen-bond donors (Lipinski definition) is 1. The van der Waals surface area contributed by atoms with Crippen LogP contribution in [0.2, 0.25) is 0 Å². The molecule has 100 valence electrons. The van der Waals surface area contributed by atoms with Gasteiger partial charge in [0.2, 0.25) is 5.91 Å². The molecule has 0 saturated carbocycles. The normalized spacial score (nSPS) is 20.4. The van der Waals surface area contributed by atoms with Gasteiger partial charge >= 0.3 is 0 Å². The van der Waals surface area contributed by atoms with E-state index >= 15 is 0 Å². The molecule has 1 aromatic heterocycles. The summed E-state index contributed by atoms with van der Waals surface area (Å²) in [7, 11) is 1.89. The topological polar surface area (TPSA) is 32.3 Å². The molecule has 2 rings (SSSR count). The van der Waals surface area contributed by atoms with Crippen LogP contribution in [0.25, 0.3) is 0 Å². The molecule has 18 heavy (non-hydrogen) atoms. The molecule has 0 spiro atoms. The van der Waals surface area contributed by atoms with E-state index < -0.39 is 0 Å². The van der Waals surface area contributed by atoms with Crippen molar-refractivity contribution >= 4 is 33.2 Å². The number of amides is 1. The Bertz CT molecular complexity index is 399. The summed E-state index contributed by atoms with van der Waals surface area (Å²) in [6, 6.07) is 2.09. The number of thiophene rings is 1. The van der Waals surface area contributed by atoms with Crippen LogP contribution >= 0.6 is 27.3 Å². The summed E-state index contributed by atoms with van der Waals surface area (Å²) in [6.45, 7) is 1.66. The quantitative estimate of drug-likeness (QED) is 0.923. The van der Waals surface area contributed by atoms with Gasteiger partial charge in [0.1, 0.15) is 0 Å². The Balaban J connectivity index is 1.91. The van der Waals surface area contributed by atoms with Crippen molar-refractivity contribution in [2.45, 2.75) is 38.3 Å². The van der Waals surface area contributed by atoms with Crippen LogP contribution in [0.15, 0.2) is 15.2 Å². The Kier molecular flexibility index (Phi) is 5.21. The zero-order chi connectivity index (χ0) is 13.0. The van der Waals surface area contributed by atoms with Gasteiger partial charge in [0.05, 0.1) is 9.83 Å². The molecule has 1 unspecified atom stereocenters. The molecule has 1 aliphatic rings. The second-order valence-electron chi connectivity index (χ2n) is 4.81. The molecule has 2 heterocycles. The molecule has 0 bridgehead atoms. The van der Waals surface area contributed by atoms with E-state index in [9.17, 15) is 4.79 Å². The first kappa shape index (κ1) is 14.0. The van der Waals surface area contributed by atoms with Gasteiger partial charge in [0.25, 0.3) is 0 Å². The van der Waals surface area contributed by atoms with Crippen molar-refractivity contribution in [3.05, 3.63) is 20.8 Å². The van der Waals surface area contributed by atoms with Crippen LogP contribution in [0.3, 0.4) is 0 Å². The Morgan fingerprint density at radius 1 is 1.56 bits per heavy atom. The van der Waals surface area contributed by atoms with Crippen molar-refractivity contribution < 1.29 is 4.79 Å². The van der Waals surface area contributed by atoms with E-state index in [-0.39, 0.29) is 11.9 Å². The van der Waals surface area contributed by atoms with Gasteiger partial charge in [0, 0.05) is 13.6 Å². The summed E-state index contributed by atoms with van der Waals surface area (Å²) in [4.78, 5) is 14.1. The molecule has 1 atom stereocenters. The van der Waals surface area contributed by atoms with Crippen LogP contribution in [-0.2, 0) is 11.3 Å². The maximum absolute atomic E-state index is 12.3. The minimum Gasteiger partial charge on any atom is -0.340 e. The average Bonchev–Trinajstić information content (AvgIpc) is 2.62. The Hall–Kier alpha value is -0.390. The summed E-state index contributed by atoms with van der Waals surface area (Å²) < 4.78 is 1.12. The summed E-state index contributed by atoms with van der Waals surface area (Å²) in [5.41, 5.74) is 1.19. The maximum Gasteiger partial charge on any atom is 0.239 e. The molecule has 1 N–H and O–H groups in total. The van der Waals surface area contributed by atoms with Gasteiger partial charge in [-0.25, -0.2) is 0 Å². The molecule has 1 saturated heterocycles. The largest absolute Gasteiger partial charge is 0.340 e. The predicted octanol–water partition coefficient (Wildman–Crippen LogP) is 3.00. The lowest BCUT2D eigenvalue weighted by atomic mass is 10.1. The summed E-state index contributed by atoms with van der Waals surface area (Å²) in [5, 5.41) is 5.45. The van der Waals surface area contributed by atoms with E-state index in [4.69, 9.17) is 0 Å². The van der Waals surface area contributed by atoms with Crippen molar-refractivity contribution in [3.8, 4) is 0 Å².